The first-order chi connectivity index (χ1) is 5.74. The molecule has 0 aliphatic carbocycles. The van der Waals surface area contributed by atoms with Gasteiger partial charge in [-0.05, 0) is 19.8 Å². The molecule has 0 aromatic heterocycles. The summed E-state index contributed by atoms with van der Waals surface area (Å²) in [4.78, 5) is 0. The van der Waals surface area contributed by atoms with E-state index in [0.717, 1.165) is 0 Å². The Hall–Kier alpha value is -0.600. The average molecular weight is 170 g/mol. The maximum atomic E-state index is 9.09. The van der Waals surface area contributed by atoms with E-state index in [0.29, 0.717) is 12.8 Å². The van der Waals surface area contributed by atoms with Crippen LogP contribution in [0.1, 0.15) is 19.8 Å². The Morgan fingerprint density at radius 1 is 1.25 bits per heavy atom. The van der Waals surface area contributed by atoms with Gasteiger partial charge in [0, 0.05) is 5.41 Å². The van der Waals surface area contributed by atoms with Crippen LogP contribution < -0.4 is 0 Å². The number of aliphatic hydroxyl groups is 2. The first kappa shape index (κ1) is 11.4. The number of rotatable bonds is 6. The molecule has 0 radical (unpaired) electrons. The summed E-state index contributed by atoms with van der Waals surface area (Å²) in [7, 11) is 0. The van der Waals surface area contributed by atoms with Crippen molar-refractivity contribution in [3.63, 3.8) is 0 Å². The molecule has 0 unspecified atom stereocenters. The van der Waals surface area contributed by atoms with Crippen molar-refractivity contribution in [2.45, 2.75) is 19.8 Å². The van der Waals surface area contributed by atoms with E-state index in [1.165, 1.54) is 0 Å². The predicted octanol–water partition coefficient (Wildman–Crippen LogP) is 1.50. The lowest BCUT2D eigenvalue weighted by Crippen LogP contribution is -2.28. The van der Waals surface area contributed by atoms with Gasteiger partial charge in [-0.3, -0.25) is 0 Å². The van der Waals surface area contributed by atoms with Gasteiger partial charge in [0.25, 0.3) is 0 Å². The second kappa shape index (κ2) is 5.98. The second-order valence-electron chi connectivity index (χ2n) is 3.08. The third kappa shape index (κ3) is 3.20. The van der Waals surface area contributed by atoms with E-state index in [4.69, 9.17) is 10.2 Å². The smallest absolute Gasteiger partial charge is 0.0515 e. The Kier molecular flexibility index (Phi) is 5.68. The van der Waals surface area contributed by atoms with Gasteiger partial charge in [-0.25, -0.2) is 0 Å². The van der Waals surface area contributed by atoms with Gasteiger partial charge in [-0.2, -0.15) is 0 Å². The molecule has 0 saturated carbocycles. The van der Waals surface area contributed by atoms with Crippen molar-refractivity contribution in [3.05, 3.63) is 24.8 Å². The zero-order valence-corrected chi connectivity index (χ0v) is 7.66. The molecule has 0 aromatic carbocycles. The molecule has 0 aliphatic heterocycles. The fraction of sp³-hybridized carbons (Fsp3) is 0.600. The SMILES string of the molecule is C=CCC(CO)(CO)CC=CC. The van der Waals surface area contributed by atoms with Gasteiger partial charge in [-0.15, -0.1) is 6.58 Å². The second-order valence-corrected chi connectivity index (χ2v) is 3.08. The Balaban J connectivity index is 4.22. The number of aliphatic hydroxyl groups excluding tert-OH is 2. The van der Waals surface area contributed by atoms with Crippen LogP contribution in [0.4, 0.5) is 0 Å². The minimum Gasteiger partial charge on any atom is -0.396 e. The van der Waals surface area contributed by atoms with E-state index >= 15 is 0 Å². The molecule has 2 N–H and O–H groups in total. The van der Waals surface area contributed by atoms with Crippen molar-refractivity contribution in [3.8, 4) is 0 Å². The van der Waals surface area contributed by atoms with E-state index in [-0.39, 0.29) is 13.2 Å². The molecule has 0 bridgehead atoms. The van der Waals surface area contributed by atoms with E-state index in [2.05, 4.69) is 6.58 Å². The molecule has 0 amide bonds. The molecule has 2 nitrogen and oxygen atoms in total. The molecular weight excluding hydrogens is 152 g/mol. The summed E-state index contributed by atoms with van der Waals surface area (Å²) in [6, 6.07) is 0. The molecule has 0 atom stereocenters. The minimum atomic E-state index is -0.408. The van der Waals surface area contributed by atoms with Crippen LogP contribution in [0.5, 0.6) is 0 Å². The summed E-state index contributed by atoms with van der Waals surface area (Å²) >= 11 is 0. The van der Waals surface area contributed by atoms with Gasteiger partial charge in [0.05, 0.1) is 13.2 Å². The van der Waals surface area contributed by atoms with Gasteiger partial charge >= 0.3 is 0 Å². The fourth-order valence-electron chi connectivity index (χ4n) is 1.07. The summed E-state index contributed by atoms with van der Waals surface area (Å²) < 4.78 is 0. The van der Waals surface area contributed by atoms with E-state index in [1.54, 1.807) is 6.08 Å². The van der Waals surface area contributed by atoms with E-state index in [1.807, 2.05) is 19.1 Å². The van der Waals surface area contributed by atoms with Crippen molar-refractivity contribution in [1.29, 1.82) is 0 Å². The summed E-state index contributed by atoms with van der Waals surface area (Å²) in [5.74, 6) is 0. The molecule has 0 heterocycles. The van der Waals surface area contributed by atoms with Crippen molar-refractivity contribution in [2.75, 3.05) is 13.2 Å². The minimum absolute atomic E-state index is 0.000139. The number of hydrogen-bond acceptors (Lipinski definition) is 2. The highest BCUT2D eigenvalue weighted by Gasteiger charge is 2.25. The molecule has 70 valence electrons. The Morgan fingerprint density at radius 2 is 1.83 bits per heavy atom. The van der Waals surface area contributed by atoms with Crippen molar-refractivity contribution in [1.82, 2.24) is 0 Å². The molecule has 0 aromatic rings. The van der Waals surface area contributed by atoms with Crippen LogP contribution in [0.15, 0.2) is 24.8 Å². The Bertz CT molecular complexity index is 146. The number of allylic oxidation sites excluding steroid dienone is 3. The van der Waals surface area contributed by atoms with Gasteiger partial charge in [-0.1, -0.05) is 18.2 Å². The Labute approximate surface area is 74.2 Å². The molecule has 2 heteroatoms. The van der Waals surface area contributed by atoms with Gasteiger partial charge in [0.15, 0.2) is 0 Å². The highest BCUT2D eigenvalue weighted by atomic mass is 16.3. The summed E-state index contributed by atoms with van der Waals surface area (Å²) in [6.07, 6.45) is 6.95. The first-order valence-electron chi connectivity index (χ1n) is 4.18. The molecule has 0 aliphatic rings. The fourth-order valence-corrected chi connectivity index (χ4v) is 1.07. The maximum absolute atomic E-state index is 9.09. The largest absolute Gasteiger partial charge is 0.396 e. The monoisotopic (exact) mass is 170 g/mol. The third-order valence-electron chi connectivity index (χ3n) is 2.03. The molecule has 0 saturated heterocycles. The maximum Gasteiger partial charge on any atom is 0.0515 e. The van der Waals surface area contributed by atoms with Crippen molar-refractivity contribution >= 4 is 0 Å². The quantitative estimate of drug-likeness (QED) is 0.593. The average Bonchev–Trinajstić information content (AvgIpc) is 2.13. The highest BCUT2D eigenvalue weighted by molar-refractivity contribution is 4.93. The van der Waals surface area contributed by atoms with Crippen LogP contribution in [0.3, 0.4) is 0 Å². The van der Waals surface area contributed by atoms with E-state index < -0.39 is 5.41 Å². The summed E-state index contributed by atoms with van der Waals surface area (Å²) in [5.41, 5.74) is -0.408. The molecule has 0 rings (SSSR count). The molecule has 0 fully saturated rings. The predicted molar refractivity (Wildman–Crippen MR) is 50.8 cm³/mol. The zero-order chi connectivity index (χ0) is 9.45. The van der Waals surface area contributed by atoms with Gasteiger partial charge in [0.2, 0.25) is 0 Å². The van der Waals surface area contributed by atoms with Crippen molar-refractivity contribution in [2.24, 2.45) is 5.41 Å². The van der Waals surface area contributed by atoms with Crippen LogP contribution in [0, 0.1) is 5.41 Å². The molecular formula is C10H18O2. The van der Waals surface area contributed by atoms with Crippen LogP contribution >= 0.6 is 0 Å². The summed E-state index contributed by atoms with van der Waals surface area (Å²) in [6.45, 7) is 5.53. The molecule has 0 spiro atoms. The molecule has 12 heavy (non-hydrogen) atoms. The van der Waals surface area contributed by atoms with Crippen LogP contribution in [0.2, 0.25) is 0 Å². The van der Waals surface area contributed by atoms with Crippen LogP contribution in [0.25, 0.3) is 0 Å². The topological polar surface area (TPSA) is 40.5 Å². The zero-order valence-electron chi connectivity index (χ0n) is 7.66. The number of hydrogen-bond donors (Lipinski definition) is 2. The standard InChI is InChI=1S/C10H18O2/c1-3-5-7-10(8-11,9-12)6-4-2/h3-5,11-12H,2,6-9H2,1H3. The lowest BCUT2D eigenvalue weighted by molar-refractivity contribution is 0.0593. The lowest BCUT2D eigenvalue weighted by Gasteiger charge is -2.26. The third-order valence-corrected chi connectivity index (χ3v) is 2.03. The first-order valence-corrected chi connectivity index (χ1v) is 4.18. The van der Waals surface area contributed by atoms with E-state index in [9.17, 15) is 0 Å². The van der Waals surface area contributed by atoms with Gasteiger partial charge < -0.3 is 10.2 Å². The van der Waals surface area contributed by atoms with Crippen LogP contribution in [-0.4, -0.2) is 23.4 Å². The normalized spacial score (nSPS) is 12.2. The van der Waals surface area contributed by atoms with Gasteiger partial charge in [0.1, 0.15) is 0 Å². The van der Waals surface area contributed by atoms with Crippen molar-refractivity contribution < 1.29 is 10.2 Å². The van der Waals surface area contributed by atoms with Crippen LogP contribution in [-0.2, 0) is 0 Å². The highest BCUT2D eigenvalue weighted by Crippen LogP contribution is 2.26. The summed E-state index contributed by atoms with van der Waals surface area (Å²) in [5, 5.41) is 18.2. The Morgan fingerprint density at radius 3 is 2.17 bits per heavy atom. The lowest BCUT2D eigenvalue weighted by atomic mass is 9.83.